The first-order valence-corrected chi connectivity index (χ1v) is 7.49. The normalized spacial score (nSPS) is 19.9. The molecule has 0 aromatic carbocycles. The lowest BCUT2D eigenvalue weighted by atomic mass is 10.1. The molecule has 0 spiro atoms. The molecule has 0 bridgehead atoms. The first-order chi connectivity index (χ1) is 9.54. The van der Waals surface area contributed by atoms with Crippen LogP contribution in [0.2, 0.25) is 0 Å². The van der Waals surface area contributed by atoms with Crippen LogP contribution in [0.3, 0.4) is 0 Å². The third kappa shape index (κ3) is 5.77. The third-order valence-corrected chi connectivity index (χ3v) is 3.88. The number of piperazine rings is 1. The second-order valence-electron chi connectivity index (χ2n) is 5.43. The number of nitrogens with zero attached hydrogens (tertiary/aromatic N) is 2. The average molecular weight is 285 g/mol. The van der Waals surface area contributed by atoms with Crippen molar-refractivity contribution < 1.29 is 14.7 Å². The van der Waals surface area contributed by atoms with Gasteiger partial charge < -0.3 is 15.3 Å². The highest BCUT2D eigenvalue weighted by Gasteiger charge is 2.25. The number of likely N-dealkylation sites (N-methyl/N-ethyl adjacent to an activating group) is 1. The number of hydrogen-bond acceptors (Lipinski definition) is 3. The zero-order valence-electron chi connectivity index (χ0n) is 12.6. The van der Waals surface area contributed by atoms with Gasteiger partial charge in [-0.1, -0.05) is 13.3 Å². The molecule has 2 amide bonds. The topological polar surface area (TPSA) is 72.9 Å². The highest BCUT2D eigenvalue weighted by Crippen LogP contribution is 2.10. The van der Waals surface area contributed by atoms with E-state index in [-0.39, 0.29) is 12.5 Å². The molecular formula is C14H27N3O3. The van der Waals surface area contributed by atoms with Crippen molar-refractivity contribution in [2.45, 2.75) is 45.1 Å². The van der Waals surface area contributed by atoms with Gasteiger partial charge in [0.1, 0.15) is 0 Å². The maximum Gasteiger partial charge on any atom is 0.317 e. The monoisotopic (exact) mass is 285 g/mol. The van der Waals surface area contributed by atoms with E-state index >= 15 is 0 Å². The molecule has 20 heavy (non-hydrogen) atoms. The van der Waals surface area contributed by atoms with Crippen LogP contribution >= 0.6 is 0 Å². The van der Waals surface area contributed by atoms with Crippen molar-refractivity contribution in [2.75, 3.05) is 33.2 Å². The zero-order chi connectivity index (χ0) is 15.0. The Hall–Kier alpha value is -1.30. The fraction of sp³-hybridized carbons (Fsp3) is 0.857. The van der Waals surface area contributed by atoms with Crippen LogP contribution in [0.4, 0.5) is 4.79 Å². The maximum atomic E-state index is 12.0. The Morgan fingerprint density at radius 2 is 2.00 bits per heavy atom. The smallest absolute Gasteiger partial charge is 0.317 e. The van der Waals surface area contributed by atoms with Crippen LogP contribution in [0.1, 0.15) is 39.0 Å². The molecule has 1 unspecified atom stereocenters. The Morgan fingerprint density at radius 1 is 1.25 bits per heavy atom. The lowest BCUT2D eigenvalue weighted by Gasteiger charge is -2.39. The molecule has 1 heterocycles. The number of urea groups is 1. The molecule has 1 atom stereocenters. The molecule has 6 nitrogen and oxygen atoms in total. The molecule has 1 aliphatic heterocycles. The van der Waals surface area contributed by atoms with Gasteiger partial charge >= 0.3 is 12.0 Å². The zero-order valence-corrected chi connectivity index (χ0v) is 12.6. The van der Waals surface area contributed by atoms with Gasteiger partial charge in [-0.05, 0) is 26.3 Å². The van der Waals surface area contributed by atoms with Crippen molar-refractivity contribution in [3.63, 3.8) is 0 Å². The molecular weight excluding hydrogens is 258 g/mol. The van der Waals surface area contributed by atoms with Crippen LogP contribution < -0.4 is 5.32 Å². The highest BCUT2D eigenvalue weighted by molar-refractivity contribution is 5.74. The molecule has 0 radical (unpaired) electrons. The summed E-state index contributed by atoms with van der Waals surface area (Å²) in [6.45, 7) is 5.26. The van der Waals surface area contributed by atoms with E-state index in [4.69, 9.17) is 5.11 Å². The minimum atomic E-state index is -0.753. The minimum Gasteiger partial charge on any atom is -0.481 e. The van der Waals surface area contributed by atoms with Gasteiger partial charge in [-0.2, -0.15) is 0 Å². The Morgan fingerprint density at radius 3 is 2.65 bits per heavy atom. The Balaban J connectivity index is 2.15. The number of nitrogens with one attached hydrogen (secondary N) is 1. The van der Waals surface area contributed by atoms with Crippen LogP contribution in [0, 0.1) is 0 Å². The molecule has 1 rings (SSSR count). The van der Waals surface area contributed by atoms with Gasteiger partial charge in [0.05, 0.1) is 0 Å². The summed E-state index contributed by atoms with van der Waals surface area (Å²) in [5.74, 6) is -0.753. The fourth-order valence-electron chi connectivity index (χ4n) is 2.46. The Kier molecular flexibility index (Phi) is 7.36. The first-order valence-electron chi connectivity index (χ1n) is 7.49. The SMILES string of the molecule is CCC1CN(C(=O)NCCCCCC(=O)O)CCN1C. The van der Waals surface area contributed by atoms with Crippen molar-refractivity contribution in [1.29, 1.82) is 0 Å². The van der Waals surface area contributed by atoms with Crippen LogP contribution in [-0.4, -0.2) is 66.2 Å². The van der Waals surface area contributed by atoms with Crippen molar-refractivity contribution >= 4 is 12.0 Å². The molecule has 116 valence electrons. The van der Waals surface area contributed by atoms with E-state index < -0.39 is 5.97 Å². The molecule has 0 aliphatic carbocycles. The van der Waals surface area contributed by atoms with Gasteiger partial charge in [0.25, 0.3) is 0 Å². The number of carboxylic acids is 1. The average Bonchev–Trinajstić information content (AvgIpc) is 2.42. The number of unbranched alkanes of at least 4 members (excludes halogenated alkanes) is 2. The summed E-state index contributed by atoms with van der Waals surface area (Å²) in [4.78, 5) is 26.5. The van der Waals surface area contributed by atoms with Crippen molar-refractivity contribution in [1.82, 2.24) is 15.1 Å². The van der Waals surface area contributed by atoms with Gasteiger partial charge in [-0.3, -0.25) is 9.69 Å². The molecule has 1 fully saturated rings. The molecule has 1 saturated heterocycles. The second-order valence-corrected chi connectivity index (χ2v) is 5.43. The predicted octanol–water partition coefficient (Wildman–Crippen LogP) is 1.37. The number of carbonyl (C=O) groups excluding carboxylic acids is 1. The van der Waals surface area contributed by atoms with Crippen LogP contribution in [0.25, 0.3) is 0 Å². The van der Waals surface area contributed by atoms with E-state index in [9.17, 15) is 9.59 Å². The van der Waals surface area contributed by atoms with Gasteiger partial charge in [0, 0.05) is 38.6 Å². The second kappa shape index (κ2) is 8.79. The molecule has 0 aromatic heterocycles. The van der Waals surface area contributed by atoms with Crippen molar-refractivity contribution in [3.8, 4) is 0 Å². The summed E-state index contributed by atoms with van der Waals surface area (Å²) >= 11 is 0. The number of aliphatic carboxylic acids is 1. The molecule has 0 saturated carbocycles. The predicted molar refractivity (Wildman–Crippen MR) is 77.8 cm³/mol. The van der Waals surface area contributed by atoms with Crippen LogP contribution in [0.15, 0.2) is 0 Å². The van der Waals surface area contributed by atoms with Gasteiger partial charge in [-0.15, -0.1) is 0 Å². The maximum absolute atomic E-state index is 12.0. The van der Waals surface area contributed by atoms with Crippen LogP contribution in [0.5, 0.6) is 0 Å². The van der Waals surface area contributed by atoms with Crippen molar-refractivity contribution in [2.24, 2.45) is 0 Å². The third-order valence-electron chi connectivity index (χ3n) is 3.88. The fourth-order valence-corrected chi connectivity index (χ4v) is 2.46. The number of hydrogen-bond donors (Lipinski definition) is 2. The van der Waals surface area contributed by atoms with Gasteiger partial charge in [0.2, 0.25) is 0 Å². The number of rotatable bonds is 7. The molecule has 2 N–H and O–H groups in total. The number of carbonyl (C=O) groups is 2. The van der Waals surface area contributed by atoms with Gasteiger partial charge in [0.15, 0.2) is 0 Å². The molecule has 0 aromatic rings. The summed E-state index contributed by atoms with van der Waals surface area (Å²) in [5.41, 5.74) is 0. The Bertz CT molecular complexity index is 323. The summed E-state index contributed by atoms with van der Waals surface area (Å²) in [6.07, 6.45) is 3.62. The standard InChI is InChI=1S/C14H27N3O3/c1-3-12-11-17(10-9-16(12)2)14(20)15-8-6-4-5-7-13(18)19/h12H,3-11H2,1-2H3,(H,15,20)(H,18,19). The molecule has 1 aliphatic rings. The van der Waals surface area contributed by atoms with E-state index in [1.165, 1.54) is 0 Å². The van der Waals surface area contributed by atoms with Crippen LogP contribution in [-0.2, 0) is 4.79 Å². The number of amides is 2. The Labute approximate surface area is 121 Å². The highest BCUT2D eigenvalue weighted by atomic mass is 16.4. The lowest BCUT2D eigenvalue weighted by Crippen LogP contribution is -2.55. The van der Waals surface area contributed by atoms with Crippen molar-refractivity contribution in [3.05, 3.63) is 0 Å². The number of carboxylic acid groups (broad SMARTS) is 1. The van der Waals surface area contributed by atoms with E-state index in [1.54, 1.807) is 0 Å². The molecule has 6 heteroatoms. The van der Waals surface area contributed by atoms with E-state index in [2.05, 4.69) is 24.2 Å². The first kappa shape index (κ1) is 16.8. The largest absolute Gasteiger partial charge is 0.481 e. The van der Waals surface area contributed by atoms with E-state index in [0.29, 0.717) is 19.0 Å². The van der Waals surface area contributed by atoms with E-state index in [0.717, 1.165) is 38.9 Å². The van der Waals surface area contributed by atoms with Gasteiger partial charge in [-0.25, -0.2) is 4.79 Å². The summed E-state index contributed by atoms with van der Waals surface area (Å²) < 4.78 is 0. The summed E-state index contributed by atoms with van der Waals surface area (Å²) in [7, 11) is 2.10. The minimum absolute atomic E-state index is 0.00906. The summed E-state index contributed by atoms with van der Waals surface area (Å²) in [6, 6.07) is 0.458. The quantitative estimate of drug-likeness (QED) is 0.693. The lowest BCUT2D eigenvalue weighted by molar-refractivity contribution is -0.137. The summed E-state index contributed by atoms with van der Waals surface area (Å²) in [5, 5.41) is 11.4. The van der Waals surface area contributed by atoms with E-state index in [1.807, 2.05) is 4.90 Å².